The van der Waals surface area contributed by atoms with E-state index in [4.69, 9.17) is 9.15 Å². The first-order valence-corrected chi connectivity index (χ1v) is 12.8. The van der Waals surface area contributed by atoms with Crippen LogP contribution in [0.4, 0.5) is 5.69 Å². The van der Waals surface area contributed by atoms with E-state index in [1.54, 1.807) is 43.4 Å². The molecule has 1 aromatic heterocycles. The molecule has 0 radical (unpaired) electrons. The molecule has 10 heteroatoms. The minimum Gasteiger partial charge on any atom is -0.450 e. The first-order chi connectivity index (χ1) is 16.8. The van der Waals surface area contributed by atoms with Gasteiger partial charge in [-0.15, -0.1) is 0 Å². The molecule has 0 atom stereocenters. The monoisotopic (exact) mass is 498 g/mol. The zero-order valence-corrected chi connectivity index (χ0v) is 20.0. The molecule has 9 nitrogen and oxygen atoms in total. The Labute approximate surface area is 202 Å². The van der Waals surface area contributed by atoms with Crippen molar-refractivity contribution >= 4 is 38.6 Å². The van der Waals surface area contributed by atoms with Crippen LogP contribution in [0.25, 0.3) is 11.0 Å². The van der Waals surface area contributed by atoms with Crippen LogP contribution in [0.15, 0.2) is 68.7 Å². The Kier molecular flexibility index (Phi) is 7.32. The van der Waals surface area contributed by atoms with Crippen molar-refractivity contribution in [3.63, 3.8) is 0 Å². The molecule has 0 spiro atoms. The van der Waals surface area contributed by atoms with Crippen LogP contribution in [0.3, 0.4) is 0 Å². The number of fused-ring (bicyclic) bond motifs is 1. The average Bonchev–Trinajstić information content (AvgIpc) is 2.87. The number of rotatable bonds is 7. The molecule has 1 saturated carbocycles. The third-order valence-electron chi connectivity index (χ3n) is 6.08. The fourth-order valence-corrected chi connectivity index (χ4v) is 5.75. The second-order valence-corrected chi connectivity index (χ2v) is 10.4. The summed E-state index contributed by atoms with van der Waals surface area (Å²) in [5.74, 6) is -2.05. The van der Waals surface area contributed by atoms with Gasteiger partial charge in [0.25, 0.3) is 5.91 Å². The number of esters is 1. The number of hydrogen-bond donors (Lipinski definition) is 1. The average molecular weight is 499 g/mol. The molecule has 3 aromatic rings. The number of hydrogen-bond acceptors (Lipinski definition) is 7. The summed E-state index contributed by atoms with van der Waals surface area (Å²) >= 11 is 0. The molecule has 1 fully saturated rings. The zero-order valence-electron chi connectivity index (χ0n) is 19.2. The van der Waals surface area contributed by atoms with Crippen molar-refractivity contribution in [2.24, 2.45) is 0 Å². The number of sulfonamides is 1. The topological polar surface area (TPSA) is 123 Å². The van der Waals surface area contributed by atoms with E-state index in [9.17, 15) is 22.8 Å². The number of anilines is 1. The van der Waals surface area contributed by atoms with Crippen LogP contribution in [-0.4, -0.2) is 44.3 Å². The molecule has 0 unspecified atom stereocenters. The second-order valence-electron chi connectivity index (χ2n) is 8.40. The smallest absolute Gasteiger partial charge is 0.374 e. The van der Waals surface area contributed by atoms with Crippen molar-refractivity contribution in [2.45, 2.75) is 43.0 Å². The zero-order chi connectivity index (χ0) is 25.0. The number of amides is 1. The minimum absolute atomic E-state index is 0.0340. The molecular weight excluding hydrogens is 472 g/mol. The molecule has 1 heterocycles. The van der Waals surface area contributed by atoms with Gasteiger partial charge in [-0.05, 0) is 37.1 Å². The highest BCUT2D eigenvalue weighted by atomic mass is 32.2. The van der Waals surface area contributed by atoms with Gasteiger partial charge in [-0.3, -0.25) is 9.59 Å². The van der Waals surface area contributed by atoms with E-state index in [1.165, 1.54) is 16.4 Å². The molecule has 1 N–H and O–H groups in total. The Balaban J connectivity index is 1.44. The lowest BCUT2D eigenvalue weighted by Crippen LogP contribution is -2.38. The van der Waals surface area contributed by atoms with Crippen LogP contribution >= 0.6 is 0 Å². The standard InChI is InChI=1S/C25H26N2O7S/c1-27(17-9-3-2-4-10-17)35(31,32)23-14-8-6-12-19(23)26-24(29)16-33-25(30)22-15-20(28)18-11-5-7-13-21(18)34-22/h5-8,11-15,17H,2-4,9-10,16H2,1H3,(H,26,29). The highest BCUT2D eigenvalue weighted by Gasteiger charge is 2.31. The van der Waals surface area contributed by atoms with E-state index in [1.807, 2.05) is 0 Å². The molecule has 35 heavy (non-hydrogen) atoms. The van der Waals surface area contributed by atoms with Gasteiger partial charge in [0.05, 0.1) is 11.1 Å². The van der Waals surface area contributed by atoms with Gasteiger partial charge in [-0.25, -0.2) is 13.2 Å². The number of benzene rings is 2. The molecule has 184 valence electrons. The lowest BCUT2D eigenvalue weighted by atomic mass is 9.96. The van der Waals surface area contributed by atoms with Crippen molar-refractivity contribution in [3.05, 3.63) is 70.6 Å². The molecular formula is C25H26N2O7S. The van der Waals surface area contributed by atoms with Crippen LogP contribution in [0.5, 0.6) is 0 Å². The van der Waals surface area contributed by atoms with E-state index in [0.29, 0.717) is 5.39 Å². The van der Waals surface area contributed by atoms with Crippen LogP contribution in [-0.2, 0) is 19.6 Å². The number of ether oxygens (including phenoxy) is 1. The lowest BCUT2D eigenvalue weighted by Gasteiger charge is -2.30. The van der Waals surface area contributed by atoms with Crippen molar-refractivity contribution in [2.75, 3.05) is 19.0 Å². The minimum atomic E-state index is -3.85. The van der Waals surface area contributed by atoms with Gasteiger partial charge in [0.15, 0.2) is 12.0 Å². The Morgan fingerprint density at radius 2 is 1.74 bits per heavy atom. The summed E-state index contributed by atoms with van der Waals surface area (Å²) in [5, 5.41) is 2.83. The van der Waals surface area contributed by atoms with Gasteiger partial charge in [0.1, 0.15) is 10.5 Å². The highest BCUT2D eigenvalue weighted by molar-refractivity contribution is 7.89. The quantitative estimate of drug-likeness (QED) is 0.494. The molecule has 1 aliphatic rings. The SMILES string of the molecule is CN(C1CCCCC1)S(=O)(=O)c1ccccc1NC(=O)COC(=O)c1cc(=O)c2ccccc2o1. The van der Waals surface area contributed by atoms with Crippen LogP contribution < -0.4 is 10.7 Å². The molecule has 4 rings (SSSR count). The Morgan fingerprint density at radius 1 is 1.06 bits per heavy atom. The first kappa shape index (κ1) is 24.6. The summed E-state index contributed by atoms with van der Waals surface area (Å²) in [6, 6.07) is 13.5. The summed E-state index contributed by atoms with van der Waals surface area (Å²) in [4.78, 5) is 37.0. The Bertz CT molecular complexity index is 1410. The third kappa shape index (κ3) is 5.44. The normalized spacial score (nSPS) is 14.7. The predicted molar refractivity (Wildman–Crippen MR) is 130 cm³/mol. The maximum Gasteiger partial charge on any atom is 0.374 e. The van der Waals surface area contributed by atoms with Crippen molar-refractivity contribution in [1.82, 2.24) is 4.31 Å². The Hall–Kier alpha value is -3.50. The summed E-state index contributed by atoms with van der Waals surface area (Å²) in [5.41, 5.74) is -0.101. The van der Waals surface area contributed by atoms with Gasteiger partial charge in [-0.1, -0.05) is 43.5 Å². The van der Waals surface area contributed by atoms with E-state index in [-0.39, 0.29) is 28.0 Å². The summed E-state index contributed by atoms with van der Waals surface area (Å²) < 4.78 is 38.3. The number of para-hydroxylation sites is 2. The van der Waals surface area contributed by atoms with Crippen LogP contribution in [0.2, 0.25) is 0 Å². The van der Waals surface area contributed by atoms with Gasteiger partial charge >= 0.3 is 5.97 Å². The van der Waals surface area contributed by atoms with Crippen molar-refractivity contribution in [3.8, 4) is 0 Å². The van der Waals surface area contributed by atoms with Gasteiger partial charge in [0, 0.05) is 19.2 Å². The highest BCUT2D eigenvalue weighted by Crippen LogP contribution is 2.29. The lowest BCUT2D eigenvalue weighted by molar-refractivity contribution is -0.119. The van der Waals surface area contributed by atoms with Crippen molar-refractivity contribution < 1.29 is 27.2 Å². The number of carbonyl (C=O) groups excluding carboxylic acids is 2. The van der Waals surface area contributed by atoms with Gasteiger partial charge in [-0.2, -0.15) is 4.31 Å². The van der Waals surface area contributed by atoms with Gasteiger partial charge in [0.2, 0.25) is 15.8 Å². The van der Waals surface area contributed by atoms with Gasteiger partial charge < -0.3 is 14.5 Å². The van der Waals surface area contributed by atoms with Crippen LogP contribution in [0.1, 0.15) is 42.7 Å². The Morgan fingerprint density at radius 3 is 2.51 bits per heavy atom. The first-order valence-electron chi connectivity index (χ1n) is 11.3. The fourth-order valence-electron chi connectivity index (χ4n) is 4.18. The van der Waals surface area contributed by atoms with E-state index in [0.717, 1.165) is 38.2 Å². The molecule has 1 aliphatic carbocycles. The second kappa shape index (κ2) is 10.4. The molecule has 0 aliphatic heterocycles. The number of carbonyl (C=O) groups is 2. The van der Waals surface area contributed by atoms with E-state index in [2.05, 4.69) is 5.32 Å². The van der Waals surface area contributed by atoms with Crippen LogP contribution in [0, 0.1) is 0 Å². The third-order valence-corrected chi connectivity index (χ3v) is 8.05. The predicted octanol–water partition coefficient (Wildman–Crippen LogP) is 3.54. The summed E-state index contributed by atoms with van der Waals surface area (Å²) in [6.07, 6.45) is 4.64. The van der Waals surface area contributed by atoms with E-state index >= 15 is 0 Å². The summed E-state index contributed by atoms with van der Waals surface area (Å²) in [7, 11) is -2.30. The molecule has 1 amide bonds. The maximum absolute atomic E-state index is 13.3. The molecule has 2 aromatic carbocycles. The number of nitrogens with one attached hydrogen (secondary N) is 1. The van der Waals surface area contributed by atoms with E-state index < -0.39 is 33.9 Å². The van der Waals surface area contributed by atoms with Crippen molar-refractivity contribution in [1.29, 1.82) is 0 Å². The fraction of sp³-hybridized carbons (Fsp3) is 0.320. The largest absolute Gasteiger partial charge is 0.450 e. The summed E-state index contributed by atoms with van der Waals surface area (Å²) in [6.45, 7) is -0.692. The molecule has 0 saturated heterocycles. The number of nitrogens with zero attached hydrogens (tertiary/aromatic N) is 1. The maximum atomic E-state index is 13.3. The molecule has 0 bridgehead atoms.